The van der Waals surface area contributed by atoms with E-state index in [1.165, 1.54) is 27.4 Å². The largest absolute Gasteiger partial charge is 0.330 e. The molecule has 0 saturated carbocycles. The molecular formula is C20H16FN5O2. The zero-order valence-corrected chi connectivity index (χ0v) is 14.9. The van der Waals surface area contributed by atoms with E-state index in [1.807, 2.05) is 0 Å². The number of amides is 1. The number of aromatic amines is 1. The summed E-state index contributed by atoms with van der Waals surface area (Å²) in [6, 6.07) is 14.4. The summed E-state index contributed by atoms with van der Waals surface area (Å²) in [6.07, 6.45) is 3.18. The van der Waals surface area contributed by atoms with Gasteiger partial charge in [0.1, 0.15) is 5.82 Å². The number of nitrogens with zero attached hydrogens (tertiary/aromatic N) is 3. The molecule has 0 spiro atoms. The molecule has 4 rings (SSSR count). The van der Waals surface area contributed by atoms with Crippen LogP contribution in [0.4, 0.5) is 10.1 Å². The van der Waals surface area contributed by atoms with E-state index < -0.39 is 5.91 Å². The molecule has 28 heavy (non-hydrogen) atoms. The number of hydrogen-bond acceptors (Lipinski definition) is 3. The molecule has 0 fully saturated rings. The summed E-state index contributed by atoms with van der Waals surface area (Å²) in [7, 11) is 0. The topological polar surface area (TPSA) is 84.7 Å². The van der Waals surface area contributed by atoms with Gasteiger partial charge in [-0.05, 0) is 43.3 Å². The third-order valence-corrected chi connectivity index (χ3v) is 4.25. The maximum Gasteiger partial charge on any atom is 0.330 e. The quantitative estimate of drug-likeness (QED) is 0.573. The molecule has 0 atom stereocenters. The first kappa shape index (κ1) is 17.5. The molecule has 0 saturated heterocycles. The van der Waals surface area contributed by atoms with Crippen LogP contribution in [-0.4, -0.2) is 25.2 Å². The highest BCUT2D eigenvalue weighted by atomic mass is 19.1. The molecule has 0 unspecified atom stereocenters. The molecule has 140 valence electrons. The lowest BCUT2D eigenvalue weighted by Gasteiger charge is -2.11. The summed E-state index contributed by atoms with van der Waals surface area (Å²) in [5.74, 6) is -0.830. The molecule has 0 aliphatic heterocycles. The molecule has 0 aliphatic rings. The van der Waals surface area contributed by atoms with Crippen LogP contribution in [0.5, 0.6) is 0 Å². The van der Waals surface area contributed by atoms with E-state index in [1.54, 1.807) is 55.7 Å². The van der Waals surface area contributed by atoms with Gasteiger partial charge in [-0.2, -0.15) is 5.10 Å². The van der Waals surface area contributed by atoms with Crippen molar-refractivity contribution in [3.8, 4) is 11.4 Å². The minimum atomic E-state index is -0.441. The van der Waals surface area contributed by atoms with Crippen molar-refractivity contribution >= 4 is 11.6 Å². The Morgan fingerprint density at radius 1 is 1.14 bits per heavy atom. The van der Waals surface area contributed by atoms with Gasteiger partial charge in [0, 0.05) is 18.1 Å². The zero-order chi connectivity index (χ0) is 19.7. The van der Waals surface area contributed by atoms with E-state index in [9.17, 15) is 14.0 Å². The SMILES string of the molecule is Cc1c[nH]c(=O)n1-c1ccccc1NC(=O)c1ccn(-c2cccc(F)c2)n1. The Morgan fingerprint density at radius 2 is 1.96 bits per heavy atom. The number of benzene rings is 2. The van der Waals surface area contributed by atoms with Crippen molar-refractivity contribution in [3.05, 3.63) is 94.7 Å². The van der Waals surface area contributed by atoms with E-state index in [-0.39, 0.29) is 17.2 Å². The van der Waals surface area contributed by atoms with Gasteiger partial charge in [-0.3, -0.25) is 9.36 Å². The number of carbonyl (C=O) groups excluding carboxylic acids is 1. The van der Waals surface area contributed by atoms with Crippen LogP contribution in [0, 0.1) is 12.7 Å². The zero-order valence-electron chi connectivity index (χ0n) is 14.9. The summed E-state index contributed by atoms with van der Waals surface area (Å²) in [6.45, 7) is 1.79. The number of halogens is 1. The van der Waals surface area contributed by atoms with E-state index in [4.69, 9.17) is 0 Å². The van der Waals surface area contributed by atoms with Gasteiger partial charge in [0.25, 0.3) is 5.91 Å². The lowest BCUT2D eigenvalue weighted by atomic mass is 10.2. The van der Waals surface area contributed by atoms with Crippen molar-refractivity contribution < 1.29 is 9.18 Å². The van der Waals surface area contributed by atoms with Crippen LogP contribution in [0.3, 0.4) is 0 Å². The maximum atomic E-state index is 13.4. The molecule has 1 amide bonds. The van der Waals surface area contributed by atoms with Crippen LogP contribution in [0.1, 0.15) is 16.2 Å². The van der Waals surface area contributed by atoms with E-state index >= 15 is 0 Å². The second-order valence-corrected chi connectivity index (χ2v) is 6.17. The van der Waals surface area contributed by atoms with Crippen molar-refractivity contribution in [2.24, 2.45) is 0 Å². The molecule has 0 aliphatic carbocycles. The fourth-order valence-electron chi connectivity index (χ4n) is 2.92. The summed E-state index contributed by atoms with van der Waals surface area (Å²) in [5.41, 5.74) is 2.10. The third-order valence-electron chi connectivity index (χ3n) is 4.25. The first-order valence-electron chi connectivity index (χ1n) is 8.52. The summed E-state index contributed by atoms with van der Waals surface area (Å²) in [4.78, 5) is 27.4. The molecule has 8 heteroatoms. The highest BCUT2D eigenvalue weighted by Gasteiger charge is 2.15. The van der Waals surface area contributed by atoms with Gasteiger partial charge >= 0.3 is 5.69 Å². The lowest BCUT2D eigenvalue weighted by molar-refractivity contribution is 0.102. The van der Waals surface area contributed by atoms with Gasteiger partial charge in [-0.15, -0.1) is 0 Å². The van der Waals surface area contributed by atoms with E-state index in [2.05, 4.69) is 15.4 Å². The second-order valence-electron chi connectivity index (χ2n) is 6.17. The molecule has 2 aromatic carbocycles. The van der Waals surface area contributed by atoms with Crippen molar-refractivity contribution in [1.82, 2.24) is 19.3 Å². The average Bonchev–Trinajstić information content (AvgIpc) is 3.30. The highest BCUT2D eigenvalue weighted by molar-refractivity contribution is 6.03. The van der Waals surface area contributed by atoms with E-state index in [0.717, 1.165) is 0 Å². The number of aryl methyl sites for hydroxylation is 1. The Kier molecular flexibility index (Phi) is 4.36. The van der Waals surface area contributed by atoms with Crippen molar-refractivity contribution in [3.63, 3.8) is 0 Å². The minimum Gasteiger partial charge on any atom is -0.319 e. The van der Waals surface area contributed by atoms with Gasteiger partial charge in [0.15, 0.2) is 5.69 Å². The Bertz CT molecular complexity index is 1220. The number of H-pyrrole nitrogens is 1. The normalized spacial score (nSPS) is 10.8. The van der Waals surface area contributed by atoms with Crippen molar-refractivity contribution in [2.45, 2.75) is 6.92 Å². The Labute approximate surface area is 159 Å². The van der Waals surface area contributed by atoms with Gasteiger partial charge in [-0.25, -0.2) is 13.9 Å². The maximum absolute atomic E-state index is 13.4. The molecular weight excluding hydrogens is 361 g/mol. The third kappa shape index (κ3) is 3.23. The molecule has 4 aromatic rings. The summed E-state index contributed by atoms with van der Waals surface area (Å²) >= 11 is 0. The van der Waals surface area contributed by atoms with Crippen LogP contribution in [-0.2, 0) is 0 Å². The summed E-state index contributed by atoms with van der Waals surface area (Å²) < 4.78 is 16.3. The standard InChI is InChI=1S/C20H16FN5O2/c1-13-12-22-20(28)26(13)18-8-3-2-7-16(18)23-19(27)17-9-10-25(24-17)15-6-4-5-14(21)11-15/h2-12H,1H3,(H,22,28)(H,23,27). The number of hydrogen-bond donors (Lipinski definition) is 2. The molecule has 7 nitrogen and oxygen atoms in total. The average molecular weight is 377 g/mol. The number of imidazole rings is 1. The predicted molar refractivity (Wildman–Crippen MR) is 103 cm³/mol. The van der Waals surface area contributed by atoms with Crippen molar-refractivity contribution in [2.75, 3.05) is 5.32 Å². The van der Waals surface area contributed by atoms with Crippen LogP contribution in [0.15, 0.2) is 71.8 Å². The smallest absolute Gasteiger partial charge is 0.319 e. The number of rotatable bonds is 4. The van der Waals surface area contributed by atoms with Crippen LogP contribution >= 0.6 is 0 Å². The molecule has 2 N–H and O–H groups in total. The number of anilines is 1. The number of carbonyl (C=O) groups is 1. The highest BCUT2D eigenvalue weighted by Crippen LogP contribution is 2.20. The first-order chi connectivity index (χ1) is 13.5. The number of nitrogens with one attached hydrogen (secondary N) is 2. The minimum absolute atomic E-state index is 0.164. The fraction of sp³-hybridized carbons (Fsp3) is 0.0500. The fourth-order valence-corrected chi connectivity index (χ4v) is 2.92. The lowest BCUT2D eigenvalue weighted by Crippen LogP contribution is -2.20. The van der Waals surface area contributed by atoms with Crippen molar-refractivity contribution in [1.29, 1.82) is 0 Å². The molecule has 2 heterocycles. The monoisotopic (exact) mass is 377 g/mol. The van der Waals surface area contributed by atoms with Crippen LogP contribution < -0.4 is 11.0 Å². The molecule has 2 aromatic heterocycles. The predicted octanol–water partition coefficient (Wildman–Crippen LogP) is 3.05. The Balaban J connectivity index is 1.63. The van der Waals surface area contributed by atoms with Gasteiger partial charge < -0.3 is 10.3 Å². The molecule has 0 bridgehead atoms. The number of aromatic nitrogens is 4. The number of para-hydroxylation sites is 2. The van der Waals surface area contributed by atoms with Crippen LogP contribution in [0.25, 0.3) is 11.4 Å². The molecule has 0 radical (unpaired) electrons. The first-order valence-corrected chi connectivity index (χ1v) is 8.52. The Hall–Kier alpha value is -3.94. The van der Waals surface area contributed by atoms with E-state index in [0.29, 0.717) is 22.8 Å². The second kappa shape index (κ2) is 6.99. The Morgan fingerprint density at radius 3 is 2.71 bits per heavy atom. The summed E-state index contributed by atoms with van der Waals surface area (Å²) in [5, 5.41) is 6.99. The van der Waals surface area contributed by atoms with Crippen LogP contribution in [0.2, 0.25) is 0 Å². The van der Waals surface area contributed by atoms with Gasteiger partial charge in [0.05, 0.1) is 17.1 Å². The van der Waals surface area contributed by atoms with Gasteiger partial charge in [-0.1, -0.05) is 18.2 Å². The van der Waals surface area contributed by atoms with Gasteiger partial charge in [0.2, 0.25) is 0 Å².